The highest BCUT2D eigenvalue weighted by Crippen LogP contribution is 2.30. The monoisotopic (exact) mass is 302 g/mol. The number of carbonyl (C=O) groups excluding carboxylic acids is 1. The van der Waals surface area contributed by atoms with Crippen LogP contribution in [0.1, 0.15) is 19.8 Å². The van der Waals surface area contributed by atoms with Gasteiger partial charge >= 0.3 is 6.36 Å². The van der Waals surface area contributed by atoms with Crippen molar-refractivity contribution in [1.29, 1.82) is 0 Å². The van der Waals surface area contributed by atoms with Crippen LogP contribution in [0.3, 0.4) is 0 Å². The second kappa shape index (κ2) is 6.34. The van der Waals surface area contributed by atoms with Crippen LogP contribution in [0.5, 0.6) is 5.75 Å². The van der Waals surface area contributed by atoms with E-state index in [1.165, 1.54) is 18.2 Å². The lowest BCUT2D eigenvalue weighted by Gasteiger charge is -2.29. The fraction of sp³-hybridized carbons (Fsp3) is 0.500. The lowest BCUT2D eigenvalue weighted by Crippen LogP contribution is -2.44. The SMILES string of the molecule is CC1NCCCC1C(=O)Nc1ccccc1OC(F)(F)F. The minimum atomic E-state index is -4.79. The van der Waals surface area contributed by atoms with Gasteiger partial charge in [0.1, 0.15) is 0 Å². The molecule has 1 aliphatic heterocycles. The van der Waals surface area contributed by atoms with Crippen LogP contribution in [-0.2, 0) is 4.79 Å². The van der Waals surface area contributed by atoms with Crippen LogP contribution in [0.4, 0.5) is 18.9 Å². The molecule has 2 rings (SSSR count). The van der Waals surface area contributed by atoms with Crippen LogP contribution in [0, 0.1) is 5.92 Å². The van der Waals surface area contributed by atoms with E-state index in [9.17, 15) is 18.0 Å². The molecule has 0 saturated carbocycles. The number of halogens is 3. The third-order valence-electron chi connectivity index (χ3n) is 3.47. The van der Waals surface area contributed by atoms with Gasteiger partial charge in [0.25, 0.3) is 0 Å². The average molecular weight is 302 g/mol. The number of piperidine rings is 1. The first-order chi connectivity index (χ1) is 9.87. The Morgan fingerprint density at radius 3 is 2.76 bits per heavy atom. The number of carbonyl (C=O) groups is 1. The van der Waals surface area contributed by atoms with Crippen molar-refractivity contribution >= 4 is 11.6 Å². The van der Waals surface area contributed by atoms with E-state index in [-0.39, 0.29) is 23.6 Å². The van der Waals surface area contributed by atoms with Gasteiger partial charge in [0.05, 0.1) is 11.6 Å². The summed E-state index contributed by atoms with van der Waals surface area (Å²) in [6.45, 7) is 2.74. The number of nitrogens with one attached hydrogen (secondary N) is 2. The molecule has 21 heavy (non-hydrogen) atoms. The largest absolute Gasteiger partial charge is 0.573 e. The Morgan fingerprint density at radius 2 is 2.10 bits per heavy atom. The summed E-state index contributed by atoms with van der Waals surface area (Å²) in [5, 5.41) is 5.71. The van der Waals surface area contributed by atoms with E-state index in [4.69, 9.17) is 0 Å². The summed E-state index contributed by atoms with van der Waals surface area (Å²) in [4.78, 5) is 12.2. The normalized spacial score (nSPS) is 22.7. The number of alkyl halides is 3. The Balaban J connectivity index is 2.10. The van der Waals surface area contributed by atoms with Gasteiger partial charge in [-0.3, -0.25) is 4.79 Å². The van der Waals surface area contributed by atoms with Gasteiger partial charge in [0.15, 0.2) is 5.75 Å². The Kier molecular flexibility index (Phi) is 4.72. The Morgan fingerprint density at radius 1 is 1.38 bits per heavy atom. The van der Waals surface area contributed by atoms with E-state index in [2.05, 4.69) is 15.4 Å². The van der Waals surface area contributed by atoms with Gasteiger partial charge in [-0.05, 0) is 38.4 Å². The summed E-state index contributed by atoms with van der Waals surface area (Å²) in [6.07, 6.45) is -3.22. The molecule has 116 valence electrons. The molecule has 7 heteroatoms. The maximum Gasteiger partial charge on any atom is 0.573 e. The van der Waals surface area contributed by atoms with Crippen LogP contribution < -0.4 is 15.4 Å². The summed E-state index contributed by atoms with van der Waals surface area (Å²) in [5.74, 6) is -0.972. The molecule has 1 fully saturated rings. The molecule has 2 atom stereocenters. The summed E-state index contributed by atoms with van der Waals surface area (Å²) >= 11 is 0. The van der Waals surface area contributed by atoms with Gasteiger partial charge in [-0.25, -0.2) is 0 Å². The Hall–Kier alpha value is -1.76. The first kappa shape index (κ1) is 15.6. The standard InChI is InChI=1S/C14H17F3N2O2/c1-9-10(5-4-8-18-9)13(20)19-11-6-2-3-7-12(11)21-14(15,16)17/h2-3,6-7,9-10,18H,4-5,8H2,1H3,(H,19,20). The molecule has 1 saturated heterocycles. The van der Waals surface area contributed by atoms with E-state index >= 15 is 0 Å². The minimum absolute atomic E-state index is 0.00514. The van der Waals surface area contributed by atoms with Crippen molar-refractivity contribution in [2.75, 3.05) is 11.9 Å². The van der Waals surface area contributed by atoms with E-state index in [1.54, 1.807) is 6.07 Å². The Labute approximate surface area is 120 Å². The number of ether oxygens (including phenoxy) is 1. The lowest BCUT2D eigenvalue weighted by atomic mass is 9.91. The summed E-state index contributed by atoms with van der Waals surface area (Å²) in [5.41, 5.74) is 0.0256. The highest BCUT2D eigenvalue weighted by Gasteiger charge is 2.33. The molecule has 1 heterocycles. The predicted molar refractivity (Wildman–Crippen MR) is 71.9 cm³/mol. The van der Waals surface area contributed by atoms with Crippen LogP contribution in [0.15, 0.2) is 24.3 Å². The fourth-order valence-electron chi connectivity index (χ4n) is 2.41. The molecular weight excluding hydrogens is 285 g/mol. The molecule has 2 unspecified atom stereocenters. The van der Waals surface area contributed by atoms with Gasteiger partial charge in [-0.15, -0.1) is 13.2 Å². The van der Waals surface area contributed by atoms with E-state index in [0.29, 0.717) is 6.42 Å². The van der Waals surface area contributed by atoms with E-state index in [1.807, 2.05) is 6.92 Å². The van der Waals surface area contributed by atoms with Crippen molar-refractivity contribution in [3.63, 3.8) is 0 Å². The molecule has 1 aromatic rings. The lowest BCUT2D eigenvalue weighted by molar-refractivity contribution is -0.274. The van der Waals surface area contributed by atoms with Crippen molar-refractivity contribution in [1.82, 2.24) is 5.32 Å². The molecule has 1 aromatic carbocycles. The highest BCUT2D eigenvalue weighted by molar-refractivity contribution is 5.94. The quantitative estimate of drug-likeness (QED) is 0.902. The van der Waals surface area contributed by atoms with Crippen LogP contribution in [0.2, 0.25) is 0 Å². The number of amides is 1. The van der Waals surface area contributed by atoms with Gasteiger partial charge in [-0.1, -0.05) is 12.1 Å². The zero-order valence-electron chi connectivity index (χ0n) is 11.5. The average Bonchev–Trinajstić information content (AvgIpc) is 2.40. The molecular formula is C14H17F3N2O2. The molecule has 0 spiro atoms. The van der Waals surface area contributed by atoms with Gasteiger partial charge in [0.2, 0.25) is 5.91 Å². The number of benzene rings is 1. The van der Waals surface area contributed by atoms with Crippen molar-refractivity contribution < 1.29 is 22.7 Å². The zero-order valence-corrected chi connectivity index (χ0v) is 11.5. The number of hydrogen-bond acceptors (Lipinski definition) is 3. The second-order valence-electron chi connectivity index (χ2n) is 5.02. The first-order valence-corrected chi connectivity index (χ1v) is 6.76. The zero-order chi connectivity index (χ0) is 15.5. The molecule has 4 nitrogen and oxygen atoms in total. The number of para-hydroxylation sites is 2. The van der Waals surface area contributed by atoms with Gasteiger partial charge in [0, 0.05) is 6.04 Å². The minimum Gasteiger partial charge on any atom is -0.404 e. The van der Waals surface area contributed by atoms with Crippen LogP contribution >= 0.6 is 0 Å². The van der Waals surface area contributed by atoms with Crippen molar-refractivity contribution in [2.24, 2.45) is 5.92 Å². The number of anilines is 1. The molecule has 1 aliphatic rings. The molecule has 1 amide bonds. The number of hydrogen-bond donors (Lipinski definition) is 2. The smallest absolute Gasteiger partial charge is 0.404 e. The summed E-state index contributed by atoms with van der Waals surface area (Å²) in [7, 11) is 0. The molecule has 0 bridgehead atoms. The van der Waals surface area contributed by atoms with Crippen LogP contribution in [-0.4, -0.2) is 24.9 Å². The van der Waals surface area contributed by atoms with E-state index in [0.717, 1.165) is 13.0 Å². The predicted octanol–water partition coefficient (Wildman–Crippen LogP) is 2.91. The first-order valence-electron chi connectivity index (χ1n) is 6.76. The fourth-order valence-corrected chi connectivity index (χ4v) is 2.41. The summed E-state index contributed by atoms with van der Waals surface area (Å²) < 4.78 is 40.9. The Bertz CT molecular complexity index is 505. The van der Waals surface area contributed by atoms with Crippen molar-refractivity contribution in [3.8, 4) is 5.75 Å². The van der Waals surface area contributed by atoms with Gasteiger partial charge in [-0.2, -0.15) is 0 Å². The second-order valence-corrected chi connectivity index (χ2v) is 5.02. The molecule has 0 aromatic heterocycles. The van der Waals surface area contributed by atoms with Crippen LogP contribution in [0.25, 0.3) is 0 Å². The maximum absolute atomic E-state index is 12.3. The third kappa shape index (κ3) is 4.35. The molecule has 2 N–H and O–H groups in total. The van der Waals surface area contributed by atoms with Gasteiger partial charge < -0.3 is 15.4 Å². The maximum atomic E-state index is 12.3. The summed E-state index contributed by atoms with van der Waals surface area (Å²) in [6, 6.07) is 5.52. The third-order valence-corrected chi connectivity index (χ3v) is 3.47. The van der Waals surface area contributed by atoms with Crippen molar-refractivity contribution in [2.45, 2.75) is 32.2 Å². The highest BCUT2D eigenvalue weighted by atomic mass is 19.4. The van der Waals surface area contributed by atoms with E-state index < -0.39 is 12.1 Å². The topological polar surface area (TPSA) is 50.4 Å². The molecule has 0 radical (unpaired) electrons. The molecule has 0 aliphatic carbocycles. The number of rotatable bonds is 3. The van der Waals surface area contributed by atoms with Crippen molar-refractivity contribution in [3.05, 3.63) is 24.3 Å².